The van der Waals surface area contributed by atoms with Crippen molar-refractivity contribution in [1.82, 2.24) is 4.98 Å². The maximum absolute atomic E-state index is 5.77. The van der Waals surface area contributed by atoms with Crippen LogP contribution in [0.2, 0.25) is 5.02 Å². The minimum absolute atomic E-state index is 0.237. The van der Waals surface area contributed by atoms with Crippen molar-refractivity contribution < 1.29 is 0 Å². The fraction of sp³-hybridized carbons (Fsp3) is 0.583. The van der Waals surface area contributed by atoms with E-state index in [0.29, 0.717) is 5.02 Å². The summed E-state index contributed by atoms with van der Waals surface area (Å²) in [6, 6.07) is 3.73. The Labute approximate surface area is 102 Å². The van der Waals surface area contributed by atoms with Gasteiger partial charge in [-0.2, -0.15) is 0 Å². The predicted molar refractivity (Wildman–Crippen MR) is 69.8 cm³/mol. The standard InChI is InChI=1S/C12H20ClN3/c1-12(2,6-3-7-14)9-16-11-5-4-10(13)8-15-11/h4-5,8H,3,6-7,9,14H2,1-2H3,(H,15,16). The van der Waals surface area contributed by atoms with Gasteiger partial charge in [0, 0.05) is 12.7 Å². The van der Waals surface area contributed by atoms with Crippen molar-refractivity contribution in [3.05, 3.63) is 23.4 Å². The van der Waals surface area contributed by atoms with Crippen LogP contribution in [-0.4, -0.2) is 18.1 Å². The molecule has 0 spiro atoms. The van der Waals surface area contributed by atoms with E-state index >= 15 is 0 Å². The van der Waals surface area contributed by atoms with Crippen molar-refractivity contribution in [1.29, 1.82) is 0 Å². The average molecular weight is 242 g/mol. The first-order chi connectivity index (χ1) is 7.53. The third-order valence-corrected chi connectivity index (χ3v) is 2.76. The lowest BCUT2D eigenvalue weighted by molar-refractivity contribution is 0.350. The molecule has 3 nitrogen and oxygen atoms in total. The lowest BCUT2D eigenvalue weighted by atomic mass is 9.88. The number of rotatable bonds is 6. The summed E-state index contributed by atoms with van der Waals surface area (Å²) >= 11 is 5.77. The third-order valence-electron chi connectivity index (χ3n) is 2.53. The van der Waals surface area contributed by atoms with Crippen LogP contribution in [-0.2, 0) is 0 Å². The molecule has 0 aliphatic carbocycles. The molecule has 0 aliphatic heterocycles. The molecule has 0 atom stereocenters. The molecule has 1 aromatic heterocycles. The molecule has 0 aliphatic rings. The molecule has 0 aromatic carbocycles. The maximum Gasteiger partial charge on any atom is 0.126 e. The van der Waals surface area contributed by atoms with Gasteiger partial charge in [-0.25, -0.2) is 4.98 Å². The molecule has 1 heterocycles. The molecular formula is C12H20ClN3. The van der Waals surface area contributed by atoms with Gasteiger partial charge in [0.15, 0.2) is 0 Å². The first-order valence-corrected chi connectivity index (χ1v) is 5.97. The summed E-state index contributed by atoms with van der Waals surface area (Å²) < 4.78 is 0. The Morgan fingerprint density at radius 2 is 2.19 bits per heavy atom. The molecule has 1 aromatic rings. The van der Waals surface area contributed by atoms with E-state index in [-0.39, 0.29) is 5.41 Å². The molecule has 0 fully saturated rings. The Hall–Kier alpha value is -0.800. The summed E-state index contributed by atoms with van der Waals surface area (Å²) in [6.07, 6.45) is 3.82. The van der Waals surface area contributed by atoms with Crippen molar-refractivity contribution in [2.24, 2.45) is 11.1 Å². The predicted octanol–water partition coefficient (Wildman–Crippen LogP) is 2.91. The van der Waals surface area contributed by atoms with Gasteiger partial charge < -0.3 is 11.1 Å². The highest BCUT2D eigenvalue weighted by molar-refractivity contribution is 6.30. The lowest BCUT2D eigenvalue weighted by Gasteiger charge is -2.25. The molecule has 0 saturated heterocycles. The minimum atomic E-state index is 0.237. The monoisotopic (exact) mass is 241 g/mol. The van der Waals surface area contributed by atoms with Gasteiger partial charge in [0.2, 0.25) is 0 Å². The van der Waals surface area contributed by atoms with Crippen molar-refractivity contribution >= 4 is 17.4 Å². The van der Waals surface area contributed by atoms with E-state index < -0.39 is 0 Å². The third kappa shape index (κ3) is 4.81. The smallest absolute Gasteiger partial charge is 0.126 e. The largest absolute Gasteiger partial charge is 0.370 e. The van der Waals surface area contributed by atoms with Gasteiger partial charge in [0.1, 0.15) is 5.82 Å². The number of halogens is 1. The quantitative estimate of drug-likeness (QED) is 0.805. The Bertz CT molecular complexity index is 309. The van der Waals surface area contributed by atoms with Crippen LogP contribution in [0.5, 0.6) is 0 Å². The van der Waals surface area contributed by atoms with Gasteiger partial charge in [0.25, 0.3) is 0 Å². The fourth-order valence-corrected chi connectivity index (χ4v) is 1.59. The molecule has 1 rings (SSSR count). The number of nitrogens with one attached hydrogen (secondary N) is 1. The van der Waals surface area contributed by atoms with Crippen LogP contribution in [0.1, 0.15) is 26.7 Å². The zero-order valence-electron chi connectivity index (χ0n) is 9.96. The van der Waals surface area contributed by atoms with Crippen LogP contribution in [0.25, 0.3) is 0 Å². The number of nitrogens with two attached hydrogens (primary N) is 1. The van der Waals surface area contributed by atoms with E-state index in [2.05, 4.69) is 24.1 Å². The van der Waals surface area contributed by atoms with Crippen LogP contribution in [0.4, 0.5) is 5.82 Å². The first-order valence-electron chi connectivity index (χ1n) is 5.59. The molecule has 16 heavy (non-hydrogen) atoms. The number of aromatic nitrogens is 1. The molecule has 0 unspecified atom stereocenters. The average Bonchev–Trinajstić information content (AvgIpc) is 2.26. The summed E-state index contributed by atoms with van der Waals surface area (Å²) in [5.41, 5.74) is 5.75. The van der Waals surface area contributed by atoms with Crippen molar-refractivity contribution in [2.75, 3.05) is 18.4 Å². The van der Waals surface area contributed by atoms with E-state index in [1.165, 1.54) is 0 Å². The van der Waals surface area contributed by atoms with Gasteiger partial charge >= 0.3 is 0 Å². The molecule has 0 bridgehead atoms. The second-order valence-electron chi connectivity index (χ2n) is 4.77. The number of hydrogen-bond acceptors (Lipinski definition) is 3. The Balaban J connectivity index is 2.41. The van der Waals surface area contributed by atoms with Gasteiger partial charge in [-0.05, 0) is 36.9 Å². The Morgan fingerprint density at radius 3 is 2.75 bits per heavy atom. The van der Waals surface area contributed by atoms with Gasteiger partial charge in [0.05, 0.1) is 5.02 Å². The summed E-state index contributed by atoms with van der Waals surface area (Å²) in [4.78, 5) is 4.19. The minimum Gasteiger partial charge on any atom is -0.370 e. The molecule has 4 heteroatoms. The van der Waals surface area contributed by atoms with E-state index in [9.17, 15) is 0 Å². The zero-order chi connectivity index (χ0) is 12.0. The number of anilines is 1. The number of nitrogens with zero attached hydrogens (tertiary/aromatic N) is 1. The highest BCUT2D eigenvalue weighted by Crippen LogP contribution is 2.22. The van der Waals surface area contributed by atoms with E-state index in [4.69, 9.17) is 17.3 Å². The van der Waals surface area contributed by atoms with Crippen LogP contribution < -0.4 is 11.1 Å². The number of pyridine rings is 1. The molecule has 0 radical (unpaired) electrons. The molecule has 0 amide bonds. The van der Waals surface area contributed by atoms with Crippen molar-refractivity contribution in [3.63, 3.8) is 0 Å². The summed E-state index contributed by atoms with van der Waals surface area (Å²) in [7, 11) is 0. The van der Waals surface area contributed by atoms with Crippen molar-refractivity contribution in [2.45, 2.75) is 26.7 Å². The second-order valence-corrected chi connectivity index (χ2v) is 5.21. The summed E-state index contributed by atoms with van der Waals surface area (Å²) in [5, 5.41) is 3.97. The topological polar surface area (TPSA) is 50.9 Å². The lowest BCUT2D eigenvalue weighted by Crippen LogP contribution is -2.24. The Kier molecular flexibility index (Phi) is 5.03. The molecule has 3 N–H and O–H groups in total. The van der Waals surface area contributed by atoms with Gasteiger partial charge in [-0.3, -0.25) is 0 Å². The normalized spacial score (nSPS) is 11.5. The van der Waals surface area contributed by atoms with Crippen LogP contribution in [0, 0.1) is 5.41 Å². The maximum atomic E-state index is 5.77. The highest BCUT2D eigenvalue weighted by atomic mass is 35.5. The van der Waals surface area contributed by atoms with E-state index in [1.807, 2.05) is 12.1 Å². The molecule has 90 valence electrons. The van der Waals surface area contributed by atoms with Gasteiger partial charge in [-0.15, -0.1) is 0 Å². The first kappa shape index (κ1) is 13.3. The molecular weight excluding hydrogens is 222 g/mol. The SMILES string of the molecule is CC(C)(CCCN)CNc1ccc(Cl)cn1. The van der Waals surface area contributed by atoms with Crippen LogP contribution >= 0.6 is 11.6 Å². The number of hydrogen-bond donors (Lipinski definition) is 2. The summed E-state index contributed by atoms with van der Waals surface area (Å²) in [5.74, 6) is 0.866. The van der Waals surface area contributed by atoms with E-state index in [1.54, 1.807) is 6.20 Å². The van der Waals surface area contributed by atoms with Gasteiger partial charge in [-0.1, -0.05) is 25.4 Å². The Morgan fingerprint density at radius 1 is 1.44 bits per heavy atom. The fourth-order valence-electron chi connectivity index (χ4n) is 1.48. The van der Waals surface area contributed by atoms with E-state index in [0.717, 1.165) is 31.7 Å². The zero-order valence-corrected chi connectivity index (χ0v) is 10.7. The second kappa shape index (κ2) is 6.06. The van der Waals surface area contributed by atoms with Crippen LogP contribution in [0.3, 0.4) is 0 Å². The molecule has 0 saturated carbocycles. The van der Waals surface area contributed by atoms with Crippen molar-refractivity contribution in [3.8, 4) is 0 Å². The van der Waals surface area contributed by atoms with Crippen LogP contribution in [0.15, 0.2) is 18.3 Å². The highest BCUT2D eigenvalue weighted by Gasteiger charge is 2.16. The summed E-state index contributed by atoms with van der Waals surface area (Å²) in [6.45, 7) is 6.10.